The molecule has 1 saturated heterocycles. The molecule has 1 rings (SSSR count). The van der Waals surface area contributed by atoms with Crippen molar-refractivity contribution in [3.63, 3.8) is 0 Å². The minimum absolute atomic E-state index is 0.0448. The van der Waals surface area contributed by atoms with Crippen molar-refractivity contribution in [3.05, 3.63) is 0 Å². The first-order valence-corrected chi connectivity index (χ1v) is 9.23. The molecule has 2 nitrogen and oxygen atoms in total. The Balaban J connectivity index is 2.33. The van der Waals surface area contributed by atoms with Crippen molar-refractivity contribution >= 4 is 8.07 Å². The zero-order valence-corrected chi connectivity index (χ0v) is 11.3. The van der Waals surface area contributed by atoms with Gasteiger partial charge in [0, 0.05) is 6.61 Å². The second-order valence-corrected chi connectivity index (χ2v) is 9.89. The maximum atomic E-state index is 5.81. The molecule has 15 heavy (non-hydrogen) atoms. The Bertz CT molecular complexity index is 241. The van der Waals surface area contributed by atoms with Gasteiger partial charge in [-0.15, -0.1) is 5.54 Å². The second-order valence-electron chi connectivity index (χ2n) is 5.14. The minimum atomic E-state index is -1.26. The first kappa shape index (κ1) is 12.8. The van der Waals surface area contributed by atoms with E-state index in [2.05, 4.69) is 31.1 Å². The largest absolute Gasteiger partial charge is 0.379 e. The third kappa shape index (κ3) is 5.98. The lowest BCUT2D eigenvalue weighted by atomic mass is 10.2. The lowest BCUT2D eigenvalue weighted by Crippen LogP contribution is -2.28. The summed E-state index contributed by atoms with van der Waals surface area (Å²) in [6.07, 6.45) is 2.52. The molecule has 0 bridgehead atoms. The summed E-state index contributed by atoms with van der Waals surface area (Å²) in [5.74, 6) is 3.20. The topological polar surface area (TPSA) is 18.5 Å². The van der Waals surface area contributed by atoms with E-state index in [1.165, 1.54) is 0 Å². The molecule has 0 radical (unpaired) electrons. The summed E-state index contributed by atoms with van der Waals surface area (Å²) in [5.41, 5.74) is 3.33. The molecule has 0 amide bonds. The Morgan fingerprint density at radius 2 is 2.13 bits per heavy atom. The molecule has 1 fully saturated rings. The van der Waals surface area contributed by atoms with Gasteiger partial charge in [-0.3, -0.25) is 0 Å². The molecule has 2 atom stereocenters. The molecule has 86 valence electrons. The molecule has 3 heteroatoms. The normalized spacial score (nSPS) is 24.1. The molecule has 0 aliphatic carbocycles. The van der Waals surface area contributed by atoms with E-state index in [-0.39, 0.29) is 12.2 Å². The van der Waals surface area contributed by atoms with Gasteiger partial charge in [0.25, 0.3) is 0 Å². The van der Waals surface area contributed by atoms with Gasteiger partial charge in [-0.25, -0.2) is 0 Å². The monoisotopic (exact) mass is 226 g/mol. The van der Waals surface area contributed by atoms with Crippen LogP contribution in [0.2, 0.25) is 19.6 Å². The molecule has 1 aliphatic heterocycles. The third-order valence-electron chi connectivity index (χ3n) is 2.17. The standard InChI is InChI=1S/C12H22O2Si/c1-11(7-9-15(2,3)4)14-12-6-5-8-13-10-12/h11-12H,5-6,8,10H2,1-4H3. The van der Waals surface area contributed by atoms with Crippen molar-refractivity contribution in [2.75, 3.05) is 13.2 Å². The number of rotatable bonds is 2. The van der Waals surface area contributed by atoms with Crippen molar-refractivity contribution in [1.82, 2.24) is 0 Å². The summed E-state index contributed by atoms with van der Waals surface area (Å²) in [7, 11) is -1.26. The molecule has 0 saturated carbocycles. The third-order valence-corrected chi connectivity index (χ3v) is 3.06. The van der Waals surface area contributed by atoms with Crippen molar-refractivity contribution in [2.24, 2.45) is 0 Å². The van der Waals surface area contributed by atoms with Crippen LogP contribution in [-0.2, 0) is 9.47 Å². The van der Waals surface area contributed by atoms with Gasteiger partial charge in [0.15, 0.2) is 0 Å². The Kier molecular flexibility index (Phi) is 4.84. The SMILES string of the molecule is CC(C#C[Si](C)(C)C)OC1CCCOC1. The van der Waals surface area contributed by atoms with Crippen LogP contribution in [-0.4, -0.2) is 33.5 Å². The van der Waals surface area contributed by atoms with Crippen LogP contribution < -0.4 is 0 Å². The van der Waals surface area contributed by atoms with Crippen LogP contribution in [0.15, 0.2) is 0 Å². The van der Waals surface area contributed by atoms with Crippen LogP contribution in [0.4, 0.5) is 0 Å². The maximum Gasteiger partial charge on any atom is 0.129 e. The van der Waals surface area contributed by atoms with E-state index in [0.717, 1.165) is 26.1 Å². The van der Waals surface area contributed by atoms with E-state index in [9.17, 15) is 0 Å². The summed E-state index contributed by atoms with van der Waals surface area (Å²) < 4.78 is 11.2. The molecule has 0 aromatic heterocycles. The number of ether oxygens (including phenoxy) is 2. The predicted octanol–water partition coefficient (Wildman–Crippen LogP) is 2.45. The Morgan fingerprint density at radius 3 is 2.67 bits per heavy atom. The highest BCUT2D eigenvalue weighted by Crippen LogP contribution is 2.11. The van der Waals surface area contributed by atoms with E-state index < -0.39 is 8.07 Å². The molecule has 0 N–H and O–H groups in total. The molecule has 0 aromatic rings. The fourth-order valence-corrected chi connectivity index (χ4v) is 2.10. The van der Waals surface area contributed by atoms with E-state index in [4.69, 9.17) is 9.47 Å². The van der Waals surface area contributed by atoms with Gasteiger partial charge in [-0.2, -0.15) is 0 Å². The highest BCUT2D eigenvalue weighted by molar-refractivity contribution is 6.83. The summed E-state index contributed by atoms with van der Waals surface area (Å²) in [6, 6.07) is 0. The highest BCUT2D eigenvalue weighted by atomic mass is 28.3. The van der Waals surface area contributed by atoms with Crippen LogP contribution in [0.25, 0.3) is 0 Å². The average Bonchev–Trinajstić information content (AvgIpc) is 2.15. The molecular weight excluding hydrogens is 204 g/mol. The quantitative estimate of drug-likeness (QED) is 0.532. The lowest BCUT2D eigenvalue weighted by molar-refractivity contribution is -0.0628. The van der Waals surface area contributed by atoms with Crippen molar-refractivity contribution in [1.29, 1.82) is 0 Å². The molecule has 1 heterocycles. The van der Waals surface area contributed by atoms with E-state index in [1.54, 1.807) is 0 Å². The second kappa shape index (κ2) is 5.69. The van der Waals surface area contributed by atoms with E-state index in [0.29, 0.717) is 0 Å². The van der Waals surface area contributed by atoms with Gasteiger partial charge >= 0.3 is 0 Å². The van der Waals surface area contributed by atoms with E-state index >= 15 is 0 Å². The molecule has 0 aromatic carbocycles. The number of hydrogen-bond donors (Lipinski definition) is 0. The van der Waals surface area contributed by atoms with Gasteiger partial charge < -0.3 is 9.47 Å². The minimum Gasteiger partial charge on any atom is -0.379 e. The molecule has 0 spiro atoms. The zero-order chi connectivity index (χ0) is 11.3. The fourth-order valence-electron chi connectivity index (χ4n) is 1.46. The summed E-state index contributed by atoms with van der Waals surface area (Å²) in [4.78, 5) is 0. The van der Waals surface area contributed by atoms with Gasteiger partial charge in [0.05, 0.1) is 12.7 Å². The van der Waals surface area contributed by atoms with E-state index in [1.807, 2.05) is 6.92 Å². The van der Waals surface area contributed by atoms with Crippen LogP contribution in [0.3, 0.4) is 0 Å². The average molecular weight is 226 g/mol. The summed E-state index contributed by atoms with van der Waals surface area (Å²) in [6.45, 7) is 10.4. The summed E-state index contributed by atoms with van der Waals surface area (Å²) in [5, 5.41) is 0. The highest BCUT2D eigenvalue weighted by Gasteiger charge is 2.16. The molecule has 1 aliphatic rings. The van der Waals surface area contributed by atoms with Gasteiger partial charge in [-0.05, 0) is 19.8 Å². The predicted molar refractivity (Wildman–Crippen MR) is 65.5 cm³/mol. The van der Waals surface area contributed by atoms with Crippen LogP contribution >= 0.6 is 0 Å². The van der Waals surface area contributed by atoms with Crippen LogP contribution in [0, 0.1) is 11.5 Å². The van der Waals surface area contributed by atoms with Crippen molar-refractivity contribution < 1.29 is 9.47 Å². The number of hydrogen-bond acceptors (Lipinski definition) is 2. The smallest absolute Gasteiger partial charge is 0.129 e. The van der Waals surface area contributed by atoms with Gasteiger partial charge in [-0.1, -0.05) is 25.6 Å². The van der Waals surface area contributed by atoms with Crippen molar-refractivity contribution in [2.45, 2.75) is 51.6 Å². The summed E-state index contributed by atoms with van der Waals surface area (Å²) >= 11 is 0. The molecular formula is C12H22O2Si. The van der Waals surface area contributed by atoms with Gasteiger partial charge in [0.2, 0.25) is 0 Å². The van der Waals surface area contributed by atoms with Crippen LogP contribution in [0.5, 0.6) is 0 Å². The Morgan fingerprint density at radius 1 is 1.40 bits per heavy atom. The lowest BCUT2D eigenvalue weighted by Gasteiger charge is -2.24. The zero-order valence-electron chi connectivity index (χ0n) is 10.3. The van der Waals surface area contributed by atoms with Gasteiger partial charge in [0.1, 0.15) is 14.2 Å². The fraction of sp³-hybridized carbons (Fsp3) is 0.833. The maximum absolute atomic E-state index is 5.81. The van der Waals surface area contributed by atoms with Crippen molar-refractivity contribution in [3.8, 4) is 11.5 Å². The Labute approximate surface area is 94.4 Å². The van der Waals surface area contributed by atoms with Crippen LogP contribution in [0.1, 0.15) is 19.8 Å². The first-order chi connectivity index (χ1) is 6.97. The Hall–Kier alpha value is -0.303. The molecule has 2 unspecified atom stereocenters. The first-order valence-electron chi connectivity index (χ1n) is 5.73.